The van der Waals surface area contributed by atoms with Crippen molar-refractivity contribution in [2.24, 2.45) is 5.92 Å². The summed E-state index contributed by atoms with van der Waals surface area (Å²) in [5, 5.41) is 1.84. The summed E-state index contributed by atoms with van der Waals surface area (Å²) in [6, 6.07) is 3.58. The summed E-state index contributed by atoms with van der Waals surface area (Å²) in [6.45, 7) is 6.50. The van der Waals surface area contributed by atoms with Crippen molar-refractivity contribution in [3.8, 4) is 0 Å². The Hall–Kier alpha value is -2.68. The number of aromatic amines is 1. The topological polar surface area (TPSA) is 118 Å². The van der Waals surface area contributed by atoms with Gasteiger partial charge >= 0.3 is 5.69 Å². The lowest BCUT2D eigenvalue weighted by Gasteiger charge is -2.25. The molecule has 2 rings (SSSR count). The van der Waals surface area contributed by atoms with Gasteiger partial charge in [0, 0.05) is 25.9 Å². The van der Waals surface area contributed by atoms with Crippen LogP contribution >= 0.6 is 11.3 Å². The molecule has 1 amide bonds. The number of carbonyl (C=O) groups is 2. The lowest BCUT2D eigenvalue weighted by molar-refractivity contribution is -0.118. The van der Waals surface area contributed by atoms with Gasteiger partial charge in [-0.2, -0.15) is 0 Å². The maximum absolute atomic E-state index is 13.0. The number of anilines is 2. The SMILES string of the molecule is CCCCN(C(=O)CCCC(=O)c1cccs1)c1c(N)n(CC(C)C)c(=O)[nH]c1=O. The molecule has 0 radical (unpaired) electrons. The largest absolute Gasteiger partial charge is 0.383 e. The van der Waals surface area contributed by atoms with E-state index < -0.39 is 11.2 Å². The fourth-order valence-corrected chi connectivity index (χ4v) is 3.85. The van der Waals surface area contributed by atoms with Gasteiger partial charge in [0.25, 0.3) is 5.56 Å². The fourth-order valence-electron chi connectivity index (χ4n) is 3.16. The molecule has 0 saturated heterocycles. The number of nitrogen functional groups attached to an aromatic ring is 1. The van der Waals surface area contributed by atoms with Crippen LogP contribution < -0.4 is 21.9 Å². The number of hydrogen-bond acceptors (Lipinski definition) is 6. The van der Waals surface area contributed by atoms with Crippen molar-refractivity contribution >= 4 is 34.5 Å². The van der Waals surface area contributed by atoms with Crippen LogP contribution in [-0.2, 0) is 11.3 Å². The summed E-state index contributed by atoms with van der Waals surface area (Å²) >= 11 is 1.38. The third-order valence-electron chi connectivity index (χ3n) is 4.66. The van der Waals surface area contributed by atoms with Crippen LogP contribution in [0.15, 0.2) is 27.1 Å². The Morgan fingerprint density at radius 1 is 1.23 bits per heavy atom. The quantitative estimate of drug-likeness (QED) is 0.527. The molecule has 30 heavy (non-hydrogen) atoms. The summed E-state index contributed by atoms with van der Waals surface area (Å²) in [7, 11) is 0. The van der Waals surface area contributed by atoms with Crippen molar-refractivity contribution in [3.63, 3.8) is 0 Å². The maximum atomic E-state index is 13.0. The van der Waals surface area contributed by atoms with Gasteiger partial charge in [-0.05, 0) is 30.2 Å². The molecule has 164 valence electrons. The Morgan fingerprint density at radius 3 is 2.57 bits per heavy atom. The predicted octanol–water partition coefficient (Wildman–Crippen LogP) is 3.02. The Kier molecular flexibility index (Phi) is 8.58. The molecule has 0 aliphatic carbocycles. The minimum atomic E-state index is -0.670. The van der Waals surface area contributed by atoms with Gasteiger partial charge in [-0.3, -0.25) is 23.9 Å². The molecule has 3 N–H and O–H groups in total. The standard InChI is InChI=1S/C21H30N4O4S/c1-4-5-11-24(17(27)10-6-8-15(26)16-9-7-12-30-16)18-19(22)25(13-14(2)3)21(29)23-20(18)28/h7,9,12,14H,4-6,8,10-11,13,22H2,1-3H3,(H,23,28,29). The van der Waals surface area contributed by atoms with Crippen molar-refractivity contribution in [2.75, 3.05) is 17.2 Å². The molecule has 0 saturated carbocycles. The van der Waals surface area contributed by atoms with E-state index in [1.165, 1.54) is 20.8 Å². The molecule has 0 aromatic carbocycles. The highest BCUT2D eigenvalue weighted by molar-refractivity contribution is 7.12. The molecular formula is C21H30N4O4S. The van der Waals surface area contributed by atoms with Gasteiger partial charge in [0.1, 0.15) is 5.82 Å². The van der Waals surface area contributed by atoms with Crippen LogP contribution in [0.4, 0.5) is 11.5 Å². The van der Waals surface area contributed by atoms with Gasteiger partial charge < -0.3 is 10.6 Å². The number of ketones is 1. The number of thiophene rings is 1. The zero-order valence-electron chi connectivity index (χ0n) is 17.8. The van der Waals surface area contributed by atoms with Crippen LogP contribution in [0.3, 0.4) is 0 Å². The molecule has 2 aromatic rings. The number of nitrogens with zero attached hydrogens (tertiary/aromatic N) is 2. The van der Waals surface area contributed by atoms with Crippen LogP contribution in [0.5, 0.6) is 0 Å². The van der Waals surface area contributed by atoms with Crippen molar-refractivity contribution < 1.29 is 9.59 Å². The lowest BCUT2D eigenvalue weighted by Crippen LogP contribution is -2.42. The minimum absolute atomic E-state index is 0.000697. The van der Waals surface area contributed by atoms with Gasteiger partial charge in [-0.25, -0.2) is 4.79 Å². The molecule has 8 nitrogen and oxygen atoms in total. The Labute approximate surface area is 179 Å². The van der Waals surface area contributed by atoms with Crippen LogP contribution in [0, 0.1) is 5.92 Å². The Morgan fingerprint density at radius 2 is 1.97 bits per heavy atom. The maximum Gasteiger partial charge on any atom is 0.330 e. The normalized spacial score (nSPS) is 11.1. The molecule has 0 aliphatic heterocycles. The van der Waals surface area contributed by atoms with Gasteiger partial charge in [-0.15, -0.1) is 11.3 Å². The fraction of sp³-hybridized carbons (Fsp3) is 0.524. The summed E-state index contributed by atoms with van der Waals surface area (Å²) in [4.78, 5) is 54.2. The number of carbonyl (C=O) groups excluding carboxylic acids is 2. The number of hydrogen-bond donors (Lipinski definition) is 2. The second-order valence-electron chi connectivity index (χ2n) is 7.65. The molecule has 0 spiro atoms. The predicted molar refractivity (Wildman–Crippen MR) is 120 cm³/mol. The number of aromatic nitrogens is 2. The van der Waals surface area contributed by atoms with E-state index in [1.54, 1.807) is 6.07 Å². The molecule has 0 atom stereocenters. The Bertz CT molecular complexity index is 976. The van der Waals surface area contributed by atoms with Crippen molar-refractivity contribution in [1.29, 1.82) is 0 Å². The van der Waals surface area contributed by atoms with E-state index >= 15 is 0 Å². The van der Waals surface area contributed by atoms with Crippen LogP contribution in [0.2, 0.25) is 0 Å². The monoisotopic (exact) mass is 434 g/mol. The highest BCUT2D eigenvalue weighted by Gasteiger charge is 2.24. The molecule has 0 aliphatic rings. The summed E-state index contributed by atoms with van der Waals surface area (Å²) in [5.41, 5.74) is 4.94. The highest BCUT2D eigenvalue weighted by atomic mass is 32.1. The first-order chi connectivity index (χ1) is 14.3. The van der Waals surface area contributed by atoms with Crippen LogP contribution in [0.1, 0.15) is 62.5 Å². The zero-order valence-corrected chi connectivity index (χ0v) is 18.6. The molecule has 2 aromatic heterocycles. The van der Waals surface area contributed by atoms with Gasteiger partial charge in [0.05, 0.1) is 4.88 Å². The van der Waals surface area contributed by atoms with Crippen molar-refractivity contribution in [2.45, 2.75) is 59.4 Å². The first kappa shape index (κ1) is 23.6. The molecule has 0 unspecified atom stereocenters. The number of amides is 1. The molecule has 9 heteroatoms. The first-order valence-electron chi connectivity index (χ1n) is 10.3. The summed E-state index contributed by atoms with van der Waals surface area (Å²) in [6.07, 6.45) is 2.25. The van der Waals surface area contributed by atoms with Gasteiger partial charge in [0.15, 0.2) is 11.5 Å². The highest BCUT2D eigenvalue weighted by Crippen LogP contribution is 2.20. The van der Waals surface area contributed by atoms with E-state index in [4.69, 9.17) is 5.73 Å². The van der Waals surface area contributed by atoms with E-state index in [-0.39, 0.29) is 42.0 Å². The second-order valence-corrected chi connectivity index (χ2v) is 8.60. The van der Waals surface area contributed by atoms with Crippen molar-refractivity contribution in [1.82, 2.24) is 9.55 Å². The number of unbranched alkanes of at least 4 members (excludes halogenated alkanes) is 1. The number of H-pyrrole nitrogens is 1. The molecule has 2 heterocycles. The summed E-state index contributed by atoms with van der Waals surface area (Å²) < 4.78 is 1.30. The lowest BCUT2D eigenvalue weighted by atomic mass is 10.1. The number of nitrogens with one attached hydrogen (secondary N) is 1. The third-order valence-corrected chi connectivity index (χ3v) is 5.57. The van der Waals surface area contributed by atoms with Crippen LogP contribution in [-0.4, -0.2) is 27.8 Å². The van der Waals surface area contributed by atoms with E-state index in [0.29, 0.717) is 30.8 Å². The Balaban J connectivity index is 2.24. The average Bonchev–Trinajstić information content (AvgIpc) is 3.22. The molecular weight excluding hydrogens is 404 g/mol. The van der Waals surface area contributed by atoms with Gasteiger partial charge in [-0.1, -0.05) is 33.3 Å². The minimum Gasteiger partial charge on any atom is -0.383 e. The smallest absolute Gasteiger partial charge is 0.330 e. The number of rotatable bonds is 11. The third kappa shape index (κ3) is 5.91. The molecule has 0 bridgehead atoms. The van der Waals surface area contributed by atoms with E-state index in [9.17, 15) is 19.2 Å². The molecule has 0 fully saturated rings. The number of Topliss-reactive ketones (excluding diaryl/α,β-unsaturated/α-hetero) is 1. The van der Waals surface area contributed by atoms with Crippen molar-refractivity contribution in [3.05, 3.63) is 43.2 Å². The number of nitrogens with two attached hydrogens (primary N) is 1. The summed E-state index contributed by atoms with van der Waals surface area (Å²) in [5.74, 6) is -0.154. The van der Waals surface area contributed by atoms with E-state index in [1.807, 2.05) is 32.2 Å². The van der Waals surface area contributed by atoms with E-state index in [0.717, 1.165) is 6.42 Å². The average molecular weight is 435 g/mol. The van der Waals surface area contributed by atoms with E-state index in [2.05, 4.69) is 4.98 Å². The first-order valence-corrected chi connectivity index (χ1v) is 11.1. The van der Waals surface area contributed by atoms with Gasteiger partial charge in [0.2, 0.25) is 5.91 Å². The zero-order chi connectivity index (χ0) is 22.3. The van der Waals surface area contributed by atoms with Crippen LogP contribution in [0.25, 0.3) is 0 Å². The second kappa shape index (κ2) is 10.9.